The summed E-state index contributed by atoms with van der Waals surface area (Å²) in [5.74, 6) is 0.111. The summed E-state index contributed by atoms with van der Waals surface area (Å²) in [6.07, 6.45) is 0. The van der Waals surface area contributed by atoms with Crippen LogP contribution in [0.5, 0.6) is 5.75 Å². The Balaban J connectivity index is 1.32. The molecule has 7 nitrogen and oxygen atoms in total. The Morgan fingerprint density at radius 1 is 1.00 bits per heavy atom. The summed E-state index contributed by atoms with van der Waals surface area (Å²) in [4.78, 5) is 27.1. The van der Waals surface area contributed by atoms with Crippen LogP contribution in [0, 0.1) is 10.1 Å². The molecule has 160 valence electrons. The smallest absolute Gasteiger partial charge is 0.269 e. The van der Waals surface area contributed by atoms with Crippen LogP contribution in [0.4, 0.5) is 5.69 Å². The van der Waals surface area contributed by atoms with Crippen molar-refractivity contribution in [3.05, 3.63) is 99.9 Å². The zero-order chi connectivity index (χ0) is 22.3. The van der Waals surface area contributed by atoms with E-state index in [0.29, 0.717) is 12.3 Å². The molecule has 0 saturated carbocycles. The van der Waals surface area contributed by atoms with E-state index in [1.165, 1.54) is 24.3 Å². The number of benzene rings is 3. The summed E-state index contributed by atoms with van der Waals surface area (Å²) >= 11 is 1.58. The van der Waals surface area contributed by atoms with Gasteiger partial charge >= 0.3 is 0 Å². The third-order valence-corrected chi connectivity index (χ3v) is 5.55. The van der Waals surface area contributed by atoms with Gasteiger partial charge in [0, 0.05) is 35.2 Å². The van der Waals surface area contributed by atoms with Gasteiger partial charge in [-0.3, -0.25) is 14.9 Å². The number of nitro benzene ring substituents is 1. The van der Waals surface area contributed by atoms with E-state index < -0.39 is 4.92 Å². The highest BCUT2D eigenvalue weighted by molar-refractivity contribution is 7.13. The van der Waals surface area contributed by atoms with Crippen molar-refractivity contribution in [1.82, 2.24) is 10.3 Å². The van der Waals surface area contributed by atoms with Crippen LogP contribution in [0.3, 0.4) is 0 Å². The van der Waals surface area contributed by atoms with Crippen molar-refractivity contribution < 1.29 is 14.5 Å². The third-order valence-electron chi connectivity index (χ3n) is 4.65. The quantitative estimate of drug-likeness (QED) is 0.301. The maximum atomic E-state index is 12.1. The lowest BCUT2D eigenvalue weighted by molar-refractivity contribution is -0.384. The molecule has 0 bridgehead atoms. The second-order valence-corrected chi connectivity index (χ2v) is 7.78. The van der Waals surface area contributed by atoms with Crippen LogP contribution >= 0.6 is 11.3 Å². The number of hydrogen-bond acceptors (Lipinski definition) is 6. The van der Waals surface area contributed by atoms with Gasteiger partial charge in [0.15, 0.2) is 6.61 Å². The van der Waals surface area contributed by atoms with Crippen molar-refractivity contribution in [2.45, 2.75) is 6.54 Å². The molecule has 0 atom stereocenters. The Hall–Kier alpha value is -4.04. The lowest BCUT2D eigenvalue weighted by atomic mass is 10.1. The van der Waals surface area contributed by atoms with Crippen LogP contribution in [-0.4, -0.2) is 22.4 Å². The predicted molar refractivity (Wildman–Crippen MR) is 123 cm³/mol. The number of nitro groups is 1. The fourth-order valence-electron chi connectivity index (χ4n) is 3.03. The summed E-state index contributed by atoms with van der Waals surface area (Å²) in [7, 11) is 0. The van der Waals surface area contributed by atoms with E-state index in [4.69, 9.17) is 9.72 Å². The van der Waals surface area contributed by atoms with Crippen molar-refractivity contribution in [3.8, 4) is 27.6 Å². The number of carbonyl (C=O) groups excluding carboxylic acids is 1. The van der Waals surface area contributed by atoms with Crippen LogP contribution in [-0.2, 0) is 11.3 Å². The maximum Gasteiger partial charge on any atom is 0.269 e. The minimum atomic E-state index is -0.487. The SMILES string of the molecule is O=C(COc1ccc([N+](=O)[O-])cc1)NCc1cccc(-c2nc(-c3ccccc3)cs2)c1. The van der Waals surface area contributed by atoms with Crippen molar-refractivity contribution in [2.75, 3.05) is 6.61 Å². The number of nitrogens with zero attached hydrogens (tertiary/aromatic N) is 2. The highest BCUT2D eigenvalue weighted by Gasteiger charge is 2.09. The molecular formula is C24H19N3O4S. The van der Waals surface area contributed by atoms with Crippen molar-refractivity contribution in [1.29, 1.82) is 0 Å². The van der Waals surface area contributed by atoms with E-state index in [1.807, 2.05) is 60.0 Å². The Bertz CT molecular complexity index is 1220. The molecule has 0 radical (unpaired) electrons. The molecule has 0 saturated heterocycles. The normalized spacial score (nSPS) is 10.5. The molecule has 0 unspecified atom stereocenters. The van der Waals surface area contributed by atoms with Gasteiger partial charge in [0.05, 0.1) is 10.6 Å². The van der Waals surface area contributed by atoms with Gasteiger partial charge in [-0.25, -0.2) is 4.98 Å². The Morgan fingerprint density at radius 2 is 1.75 bits per heavy atom. The van der Waals surface area contributed by atoms with Gasteiger partial charge in [-0.15, -0.1) is 11.3 Å². The van der Waals surface area contributed by atoms with E-state index in [9.17, 15) is 14.9 Å². The summed E-state index contributed by atoms with van der Waals surface area (Å²) in [5.41, 5.74) is 3.92. The lowest BCUT2D eigenvalue weighted by Gasteiger charge is -2.08. The van der Waals surface area contributed by atoms with Gasteiger partial charge in [-0.2, -0.15) is 0 Å². The number of amides is 1. The second kappa shape index (κ2) is 9.84. The van der Waals surface area contributed by atoms with Crippen molar-refractivity contribution >= 4 is 22.9 Å². The molecule has 1 amide bonds. The molecule has 3 aromatic carbocycles. The average molecular weight is 446 g/mol. The van der Waals surface area contributed by atoms with E-state index in [-0.39, 0.29) is 18.2 Å². The van der Waals surface area contributed by atoms with Crippen LogP contribution in [0.15, 0.2) is 84.2 Å². The number of carbonyl (C=O) groups is 1. The fraction of sp³-hybridized carbons (Fsp3) is 0.0833. The molecule has 0 aliphatic rings. The first-order valence-electron chi connectivity index (χ1n) is 9.83. The zero-order valence-electron chi connectivity index (χ0n) is 16.9. The van der Waals surface area contributed by atoms with Gasteiger partial charge < -0.3 is 10.1 Å². The first kappa shape index (κ1) is 21.2. The topological polar surface area (TPSA) is 94.4 Å². The van der Waals surface area contributed by atoms with Crippen LogP contribution in [0.25, 0.3) is 21.8 Å². The molecule has 4 aromatic rings. The van der Waals surface area contributed by atoms with Crippen LogP contribution in [0.2, 0.25) is 0 Å². The molecule has 4 rings (SSSR count). The second-order valence-electron chi connectivity index (χ2n) is 6.92. The number of nitrogens with one attached hydrogen (secondary N) is 1. The summed E-state index contributed by atoms with van der Waals surface area (Å²) in [6, 6.07) is 23.5. The molecular weight excluding hydrogens is 426 g/mol. The average Bonchev–Trinajstić information content (AvgIpc) is 3.33. The maximum absolute atomic E-state index is 12.1. The van der Waals surface area contributed by atoms with Gasteiger partial charge in [0.2, 0.25) is 0 Å². The van der Waals surface area contributed by atoms with Gasteiger partial charge in [0.25, 0.3) is 11.6 Å². The molecule has 0 aliphatic carbocycles. The minimum Gasteiger partial charge on any atom is -0.484 e. The zero-order valence-corrected chi connectivity index (χ0v) is 17.7. The third kappa shape index (κ3) is 5.35. The first-order chi connectivity index (χ1) is 15.6. The van der Waals surface area contributed by atoms with Crippen molar-refractivity contribution in [2.24, 2.45) is 0 Å². The van der Waals surface area contributed by atoms with E-state index in [1.54, 1.807) is 11.3 Å². The number of non-ortho nitro benzene ring substituents is 1. The Morgan fingerprint density at radius 3 is 2.50 bits per heavy atom. The van der Waals surface area contributed by atoms with Crippen molar-refractivity contribution in [3.63, 3.8) is 0 Å². The van der Waals surface area contributed by atoms with E-state index >= 15 is 0 Å². The van der Waals surface area contributed by atoms with Gasteiger partial charge in [-0.1, -0.05) is 48.5 Å². The largest absolute Gasteiger partial charge is 0.484 e. The minimum absolute atomic E-state index is 0.0298. The fourth-order valence-corrected chi connectivity index (χ4v) is 3.85. The van der Waals surface area contributed by atoms with Gasteiger partial charge in [0.1, 0.15) is 10.8 Å². The van der Waals surface area contributed by atoms with Gasteiger partial charge in [-0.05, 0) is 23.8 Å². The summed E-state index contributed by atoms with van der Waals surface area (Å²) < 4.78 is 5.39. The predicted octanol–water partition coefficient (Wildman–Crippen LogP) is 5.08. The Labute approximate surface area is 188 Å². The number of thiazole rings is 1. The van der Waals surface area contributed by atoms with Crippen LogP contribution in [0.1, 0.15) is 5.56 Å². The number of hydrogen-bond donors (Lipinski definition) is 1. The lowest BCUT2D eigenvalue weighted by Crippen LogP contribution is -2.28. The van der Waals surface area contributed by atoms with E-state index in [2.05, 4.69) is 5.32 Å². The summed E-state index contributed by atoms with van der Waals surface area (Å²) in [5, 5.41) is 16.4. The molecule has 0 spiro atoms. The number of rotatable bonds is 8. The molecule has 8 heteroatoms. The van der Waals surface area contributed by atoms with Crippen LogP contribution < -0.4 is 10.1 Å². The monoisotopic (exact) mass is 445 g/mol. The summed E-state index contributed by atoms with van der Waals surface area (Å²) in [6.45, 7) is 0.178. The number of ether oxygens (including phenoxy) is 1. The first-order valence-corrected chi connectivity index (χ1v) is 10.7. The standard InChI is InChI=1S/C24H19N3O4S/c28-23(15-31-21-11-9-20(10-12-21)27(29)30)25-14-17-5-4-8-19(13-17)24-26-22(16-32-24)18-6-2-1-3-7-18/h1-13,16H,14-15H2,(H,25,28). The molecule has 0 aliphatic heterocycles. The molecule has 1 heterocycles. The molecule has 1 N–H and O–H groups in total. The molecule has 1 aromatic heterocycles. The molecule has 32 heavy (non-hydrogen) atoms. The highest BCUT2D eigenvalue weighted by atomic mass is 32.1. The number of aromatic nitrogens is 1. The van der Waals surface area contributed by atoms with E-state index in [0.717, 1.165) is 27.4 Å². The Kier molecular flexibility index (Phi) is 6.52. The molecule has 0 fully saturated rings. The highest BCUT2D eigenvalue weighted by Crippen LogP contribution is 2.29.